The number of primary amides is 1. The monoisotopic (exact) mass is 432 g/mol. The van der Waals surface area contributed by atoms with E-state index in [1.165, 1.54) is 0 Å². The third-order valence-corrected chi connectivity index (χ3v) is 5.56. The summed E-state index contributed by atoms with van der Waals surface area (Å²) in [7, 11) is 2.02. The highest BCUT2D eigenvalue weighted by Crippen LogP contribution is 2.28. The summed E-state index contributed by atoms with van der Waals surface area (Å²) in [4.78, 5) is 25.8. The molecule has 0 aliphatic carbocycles. The van der Waals surface area contributed by atoms with Crippen LogP contribution in [0.25, 0.3) is 22.4 Å². The van der Waals surface area contributed by atoms with Gasteiger partial charge in [0.25, 0.3) is 5.91 Å². The number of carbonyl (C=O) groups is 1. The number of benzene rings is 1. The Hall–Kier alpha value is -3.61. The first-order valence-corrected chi connectivity index (χ1v) is 11.0. The fourth-order valence-corrected chi connectivity index (χ4v) is 3.57. The number of para-hydroxylation sites is 1. The molecule has 2 N–H and O–H groups in total. The van der Waals surface area contributed by atoms with Gasteiger partial charge in [-0.3, -0.25) is 4.79 Å². The average molecular weight is 433 g/mol. The van der Waals surface area contributed by atoms with Crippen LogP contribution in [0.1, 0.15) is 31.1 Å². The van der Waals surface area contributed by atoms with E-state index in [-0.39, 0.29) is 0 Å². The maximum atomic E-state index is 12.0. The quantitative estimate of drug-likeness (QED) is 0.489. The van der Waals surface area contributed by atoms with E-state index in [2.05, 4.69) is 46.7 Å². The van der Waals surface area contributed by atoms with Crippen molar-refractivity contribution in [1.82, 2.24) is 19.4 Å². The molecule has 3 aromatic rings. The largest absolute Gasteiger partial charge is 0.381 e. The normalized spacial score (nSPS) is 11.2. The van der Waals surface area contributed by atoms with Crippen LogP contribution >= 0.6 is 0 Å². The minimum Gasteiger partial charge on any atom is -0.381 e. The summed E-state index contributed by atoms with van der Waals surface area (Å²) in [5, 5.41) is 0. The zero-order chi connectivity index (χ0) is 23.3. The number of nitrogens with two attached hydrogens (primary N) is 1. The summed E-state index contributed by atoms with van der Waals surface area (Å²) in [6, 6.07) is 9.51. The molecule has 2 aromatic heterocycles. The number of pyridine rings is 1. The number of fused-ring (bicyclic) bond motifs is 1. The number of allylic oxidation sites excluding steroid dienone is 2. The van der Waals surface area contributed by atoms with Crippen LogP contribution in [0.5, 0.6) is 0 Å². The highest BCUT2D eigenvalue weighted by molar-refractivity contribution is 6.04. The van der Waals surface area contributed by atoms with Gasteiger partial charge in [0.1, 0.15) is 17.2 Å². The molecule has 7 nitrogen and oxygen atoms in total. The van der Waals surface area contributed by atoms with Crippen LogP contribution in [0.2, 0.25) is 0 Å². The van der Waals surface area contributed by atoms with Crippen LogP contribution in [0.4, 0.5) is 5.82 Å². The van der Waals surface area contributed by atoms with Gasteiger partial charge < -0.3 is 20.1 Å². The van der Waals surface area contributed by atoms with Crippen LogP contribution in [0.15, 0.2) is 61.0 Å². The molecule has 0 spiro atoms. The van der Waals surface area contributed by atoms with Crippen LogP contribution in [-0.2, 0) is 6.54 Å². The van der Waals surface area contributed by atoms with Crippen molar-refractivity contribution >= 4 is 22.8 Å². The number of hydrogen-bond donors (Lipinski definition) is 1. The first-order chi connectivity index (χ1) is 15.4. The second-order valence-electron chi connectivity index (χ2n) is 7.68. The number of amides is 1. The number of carbonyl (C=O) groups excluding carboxylic acids is 1. The summed E-state index contributed by atoms with van der Waals surface area (Å²) in [5.41, 5.74) is 9.24. The number of imidazole rings is 1. The van der Waals surface area contributed by atoms with E-state index in [1.54, 1.807) is 6.07 Å². The number of hydrogen-bond acceptors (Lipinski definition) is 5. The lowest BCUT2D eigenvalue weighted by Gasteiger charge is -2.19. The predicted molar refractivity (Wildman–Crippen MR) is 132 cm³/mol. The van der Waals surface area contributed by atoms with E-state index in [9.17, 15) is 4.79 Å². The SMILES string of the molecule is C=C(/C=C\N(C)CC)Cn1c(-c2ccc(N(CC)CC)nc2)nc2c(C(N)=O)cccc21. The van der Waals surface area contributed by atoms with Gasteiger partial charge in [-0.05, 0) is 62.9 Å². The Morgan fingerprint density at radius 2 is 1.91 bits per heavy atom. The van der Waals surface area contributed by atoms with Crippen LogP contribution in [0, 0.1) is 0 Å². The molecule has 0 bridgehead atoms. The Morgan fingerprint density at radius 3 is 2.50 bits per heavy atom. The van der Waals surface area contributed by atoms with Crippen molar-refractivity contribution < 1.29 is 4.79 Å². The molecule has 3 rings (SSSR count). The molecular formula is C25H32N6O. The summed E-state index contributed by atoms with van der Waals surface area (Å²) in [6.45, 7) is 13.8. The lowest BCUT2D eigenvalue weighted by atomic mass is 10.1. The second-order valence-corrected chi connectivity index (χ2v) is 7.68. The topological polar surface area (TPSA) is 80.3 Å². The van der Waals surface area contributed by atoms with Crippen molar-refractivity contribution in [2.45, 2.75) is 27.3 Å². The van der Waals surface area contributed by atoms with Gasteiger partial charge in [0.15, 0.2) is 0 Å². The molecular weight excluding hydrogens is 400 g/mol. The Bertz CT molecular complexity index is 1130. The Kier molecular flexibility index (Phi) is 7.30. The van der Waals surface area contributed by atoms with E-state index >= 15 is 0 Å². The Morgan fingerprint density at radius 1 is 1.16 bits per heavy atom. The second kappa shape index (κ2) is 10.1. The molecule has 1 amide bonds. The van der Waals surface area contributed by atoms with Gasteiger partial charge in [-0.15, -0.1) is 0 Å². The molecule has 7 heteroatoms. The predicted octanol–water partition coefficient (Wildman–Crippen LogP) is 4.07. The third kappa shape index (κ3) is 4.82. The van der Waals surface area contributed by atoms with Crippen LogP contribution < -0.4 is 10.6 Å². The van der Waals surface area contributed by atoms with Gasteiger partial charge in [0.05, 0.1) is 11.1 Å². The molecule has 2 heterocycles. The third-order valence-electron chi connectivity index (χ3n) is 5.56. The van der Waals surface area contributed by atoms with E-state index < -0.39 is 5.91 Å². The summed E-state index contributed by atoms with van der Waals surface area (Å²) in [5.74, 6) is 1.16. The van der Waals surface area contributed by atoms with Crippen molar-refractivity contribution in [3.05, 3.63) is 66.5 Å². The van der Waals surface area contributed by atoms with Gasteiger partial charge in [0, 0.05) is 45.0 Å². The lowest BCUT2D eigenvalue weighted by Crippen LogP contribution is -2.22. The van der Waals surface area contributed by atoms with Crippen molar-refractivity contribution in [3.8, 4) is 11.4 Å². The van der Waals surface area contributed by atoms with Gasteiger partial charge in [-0.1, -0.05) is 12.6 Å². The first-order valence-electron chi connectivity index (χ1n) is 11.0. The van der Waals surface area contributed by atoms with Crippen molar-refractivity contribution in [3.63, 3.8) is 0 Å². The van der Waals surface area contributed by atoms with Crippen LogP contribution in [0.3, 0.4) is 0 Å². The number of nitrogens with zero attached hydrogens (tertiary/aromatic N) is 5. The summed E-state index contributed by atoms with van der Waals surface area (Å²) in [6.07, 6.45) is 5.84. The number of anilines is 1. The van der Waals surface area contributed by atoms with Crippen molar-refractivity contribution in [2.24, 2.45) is 5.73 Å². The molecule has 32 heavy (non-hydrogen) atoms. The zero-order valence-corrected chi connectivity index (χ0v) is 19.4. The average Bonchev–Trinajstić information content (AvgIpc) is 3.16. The van der Waals surface area contributed by atoms with E-state index in [4.69, 9.17) is 10.7 Å². The minimum atomic E-state index is -0.495. The zero-order valence-electron chi connectivity index (χ0n) is 19.4. The number of aromatic nitrogens is 3. The fourth-order valence-electron chi connectivity index (χ4n) is 3.57. The fraction of sp³-hybridized carbons (Fsp3) is 0.320. The van der Waals surface area contributed by atoms with Crippen molar-refractivity contribution in [2.75, 3.05) is 31.6 Å². The molecule has 0 unspecified atom stereocenters. The molecule has 0 atom stereocenters. The maximum Gasteiger partial charge on any atom is 0.250 e. The Balaban J connectivity index is 2.09. The molecule has 1 aromatic carbocycles. The van der Waals surface area contributed by atoms with Gasteiger partial charge in [0.2, 0.25) is 0 Å². The van der Waals surface area contributed by atoms with E-state index in [0.29, 0.717) is 17.6 Å². The first kappa shape index (κ1) is 23.1. The molecule has 0 aliphatic rings. The van der Waals surface area contributed by atoms with Crippen LogP contribution in [-0.4, -0.2) is 52.0 Å². The molecule has 0 saturated carbocycles. The van der Waals surface area contributed by atoms with E-state index in [0.717, 1.165) is 47.9 Å². The highest BCUT2D eigenvalue weighted by atomic mass is 16.1. The number of rotatable bonds is 10. The smallest absolute Gasteiger partial charge is 0.250 e. The van der Waals surface area contributed by atoms with Gasteiger partial charge in [-0.2, -0.15) is 0 Å². The minimum absolute atomic E-state index is 0.405. The van der Waals surface area contributed by atoms with Gasteiger partial charge in [-0.25, -0.2) is 9.97 Å². The molecule has 168 valence electrons. The Labute approximate surface area is 189 Å². The maximum absolute atomic E-state index is 12.0. The molecule has 0 fully saturated rings. The van der Waals surface area contributed by atoms with Crippen molar-refractivity contribution in [1.29, 1.82) is 0 Å². The lowest BCUT2D eigenvalue weighted by molar-refractivity contribution is 0.100. The summed E-state index contributed by atoms with van der Waals surface area (Å²) < 4.78 is 2.06. The van der Waals surface area contributed by atoms with Gasteiger partial charge >= 0.3 is 0 Å². The molecule has 0 saturated heterocycles. The van der Waals surface area contributed by atoms with E-state index in [1.807, 2.05) is 49.8 Å². The standard InChI is InChI=1S/C25H32N6O/c1-6-29(5)15-14-18(4)17-31-21-11-9-10-20(24(26)32)23(21)28-25(31)19-12-13-22(27-16-19)30(7-2)8-3/h9-16H,4,6-8,17H2,1-3,5H3,(H2,26,32)/b15-14-. The summed E-state index contributed by atoms with van der Waals surface area (Å²) >= 11 is 0. The molecule has 0 radical (unpaired) electrons. The molecule has 0 aliphatic heterocycles. The highest BCUT2D eigenvalue weighted by Gasteiger charge is 2.18.